The molecule has 1 amide bonds. The molecule has 0 fully saturated rings. The SMILES string of the molecule is COC(=O)CNC(=O)CCNS(=O)(=O)c1ccc(C)cc1. The number of esters is 1. The quantitative estimate of drug-likeness (QED) is 0.687. The van der Waals surface area contributed by atoms with Crippen LogP contribution in [0, 0.1) is 6.92 Å². The Morgan fingerprint density at radius 1 is 1.19 bits per heavy atom. The van der Waals surface area contributed by atoms with Crippen LogP contribution in [0.4, 0.5) is 0 Å². The lowest BCUT2D eigenvalue weighted by atomic mass is 10.2. The van der Waals surface area contributed by atoms with Crippen molar-refractivity contribution >= 4 is 21.9 Å². The Balaban J connectivity index is 2.42. The number of carbonyl (C=O) groups excluding carboxylic acids is 2. The highest BCUT2D eigenvalue weighted by Crippen LogP contribution is 2.09. The van der Waals surface area contributed by atoms with Crippen LogP contribution in [0.2, 0.25) is 0 Å². The summed E-state index contributed by atoms with van der Waals surface area (Å²) < 4.78 is 30.5. The van der Waals surface area contributed by atoms with E-state index >= 15 is 0 Å². The standard InChI is InChI=1S/C13H18N2O5S/c1-10-3-5-11(6-4-10)21(18,19)15-8-7-12(16)14-9-13(17)20-2/h3-6,15H,7-9H2,1-2H3,(H,14,16). The van der Waals surface area contributed by atoms with Crippen LogP contribution in [0.1, 0.15) is 12.0 Å². The number of amides is 1. The molecule has 0 spiro atoms. The van der Waals surface area contributed by atoms with E-state index in [0.717, 1.165) is 5.56 Å². The number of aryl methyl sites for hydroxylation is 1. The Morgan fingerprint density at radius 2 is 1.81 bits per heavy atom. The molecule has 0 unspecified atom stereocenters. The maximum absolute atomic E-state index is 11.9. The molecular formula is C13H18N2O5S. The lowest BCUT2D eigenvalue weighted by molar-refractivity contribution is -0.141. The smallest absolute Gasteiger partial charge is 0.325 e. The van der Waals surface area contributed by atoms with Crippen LogP contribution in [0.15, 0.2) is 29.2 Å². The molecule has 0 atom stereocenters. The third kappa shape index (κ3) is 5.92. The molecule has 1 aromatic carbocycles. The van der Waals surface area contributed by atoms with Crippen LogP contribution >= 0.6 is 0 Å². The van der Waals surface area contributed by atoms with E-state index in [9.17, 15) is 18.0 Å². The van der Waals surface area contributed by atoms with E-state index in [-0.39, 0.29) is 24.4 Å². The zero-order chi connectivity index (χ0) is 15.9. The number of rotatable bonds is 7. The second-order valence-electron chi connectivity index (χ2n) is 4.31. The van der Waals surface area contributed by atoms with Gasteiger partial charge in [-0.25, -0.2) is 13.1 Å². The van der Waals surface area contributed by atoms with Crippen LogP contribution in [-0.2, 0) is 24.3 Å². The molecular weight excluding hydrogens is 296 g/mol. The molecule has 0 aliphatic heterocycles. The van der Waals surface area contributed by atoms with Gasteiger partial charge in [0.15, 0.2) is 0 Å². The predicted octanol–water partition coefficient (Wildman–Crippen LogP) is -0.0474. The van der Waals surface area contributed by atoms with Gasteiger partial charge in [-0.1, -0.05) is 17.7 Å². The zero-order valence-electron chi connectivity index (χ0n) is 11.9. The summed E-state index contributed by atoms with van der Waals surface area (Å²) in [4.78, 5) is 22.3. The fraction of sp³-hybridized carbons (Fsp3) is 0.385. The van der Waals surface area contributed by atoms with Crippen molar-refractivity contribution in [1.82, 2.24) is 10.0 Å². The summed E-state index contributed by atoms with van der Waals surface area (Å²) in [7, 11) is -2.42. The molecule has 0 radical (unpaired) electrons. The first-order chi connectivity index (χ1) is 9.85. The minimum absolute atomic E-state index is 0.0524. The van der Waals surface area contributed by atoms with Crippen molar-refractivity contribution < 1.29 is 22.7 Å². The molecule has 0 saturated heterocycles. The topological polar surface area (TPSA) is 102 Å². The molecule has 7 nitrogen and oxygen atoms in total. The van der Waals surface area contributed by atoms with E-state index in [2.05, 4.69) is 14.8 Å². The van der Waals surface area contributed by atoms with Crippen molar-refractivity contribution in [3.8, 4) is 0 Å². The monoisotopic (exact) mass is 314 g/mol. The lowest BCUT2D eigenvalue weighted by Crippen LogP contribution is -2.33. The molecule has 116 valence electrons. The van der Waals surface area contributed by atoms with Crippen molar-refractivity contribution in [1.29, 1.82) is 0 Å². The Bertz CT molecular complexity index is 595. The van der Waals surface area contributed by atoms with Gasteiger partial charge in [0.1, 0.15) is 6.54 Å². The van der Waals surface area contributed by atoms with Gasteiger partial charge in [-0.3, -0.25) is 9.59 Å². The molecule has 8 heteroatoms. The molecule has 0 saturated carbocycles. The van der Waals surface area contributed by atoms with Gasteiger partial charge in [0.25, 0.3) is 0 Å². The summed E-state index contributed by atoms with van der Waals surface area (Å²) in [5.41, 5.74) is 0.955. The Labute approximate surface area is 123 Å². The normalized spacial score (nSPS) is 11.0. The molecule has 0 bridgehead atoms. The van der Waals surface area contributed by atoms with E-state index in [1.807, 2.05) is 6.92 Å². The summed E-state index contributed by atoms with van der Waals surface area (Å²) in [6, 6.07) is 6.37. The maximum Gasteiger partial charge on any atom is 0.325 e. The van der Waals surface area contributed by atoms with Crippen LogP contribution < -0.4 is 10.0 Å². The zero-order valence-corrected chi connectivity index (χ0v) is 12.7. The second kappa shape index (κ2) is 7.75. The van der Waals surface area contributed by atoms with Gasteiger partial charge < -0.3 is 10.1 Å². The molecule has 1 aromatic rings. The Hall–Kier alpha value is -1.93. The average Bonchev–Trinajstić information content (AvgIpc) is 2.45. The highest BCUT2D eigenvalue weighted by molar-refractivity contribution is 7.89. The fourth-order valence-corrected chi connectivity index (χ4v) is 2.46. The van der Waals surface area contributed by atoms with E-state index in [1.165, 1.54) is 19.2 Å². The molecule has 1 rings (SSSR count). The van der Waals surface area contributed by atoms with Crippen LogP contribution in [0.3, 0.4) is 0 Å². The third-order valence-corrected chi connectivity index (χ3v) is 4.11. The average molecular weight is 314 g/mol. The number of hydrogen-bond donors (Lipinski definition) is 2. The van der Waals surface area contributed by atoms with Gasteiger partial charge in [0.05, 0.1) is 12.0 Å². The Morgan fingerprint density at radius 3 is 2.38 bits per heavy atom. The summed E-state index contributed by atoms with van der Waals surface area (Å²) in [6.07, 6.45) is -0.0674. The van der Waals surface area contributed by atoms with Crippen molar-refractivity contribution in [3.63, 3.8) is 0 Å². The predicted molar refractivity (Wildman–Crippen MR) is 76.0 cm³/mol. The first-order valence-corrected chi connectivity index (χ1v) is 7.73. The number of sulfonamides is 1. The number of benzene rings is 1. The van der Waals surface area contributed by atoms with Gasteiger partial charge in [0.2, 0.25) is 15.9 Å². The number of carbonyl (C=O) groups is 2. The summed E-state index contributed by atoms with van der Waals surface area (Å²) in [5.74, 6) is -1.00. The van der Waals surface area contributed by atoms with Crippen molar-refractivity contribution in [2.75, 3.05) is 20.2 Å². The van der Waals surface area contributed by atoms with E-state index in [1.54, 1.807) is 12.1 Å². The van der Waals surface area contributed by atoms with Crippen LogP contribution in [0.25, 0.3) is 0 Å². The summed E-state index contributed by atoms with van der Waals surface area (Å²) in [6.45, 7) is 1.57. The highest BCUT2D eigenvalue weighted by atomic mass is 32.2. The number of ether oxygens (including phenoxy) is 1. The largest absolute Gasteiger partial charge is 0.468 e. The first-order valence-electron chi connectivity index (χ1n) is 6.25. The molecule has 0 aromatic heterocycles. The van der Waals surface area contributed by atoms with Gasteiger partial charge >= 0.3 is 5.97 Å². The maximum atomic E-state index is 11.9. The molecule has 0 heterocycles. The van der Waals surface area contributed by atoms with Crippen LogP contribution in [-0.4, -0.2) is 40.5 Å². The Kier molecular flexibility index (Phi) is 6.32. The minimum atomic E-state index is -3.63. The van der Waals surface area contributed by atoms with Crippen molar-refractivity contribution in [2.45, 2.75) is 18.2 Å². The van der Waals surface area contributed by atoms with Gasteiger partial charge in [-0.05, 0) is 19.1 Å². The van der Waals surface area contributed by atoms with Crippen LogP contribution in [0.5, 0.6) is 0 Å². The van der Waals surface area contributed by atoms with E-state index in [4.69, 9.17) is 0 Å². The van der Waals surface area contributed by atoms with E-state index < -0.39 is 21.9 Å². The summed E-state index contributed by atoms with van der Waals surface area (Å²) in [5, 5.41) is 2.32. The van der Waals surface area contributed by atoms with Gasteiger partial charge in [-0.2, -0.15) is 0 Å². The first kappa shape index (κ1) is 17.1. The molecule has 2 N–H and O–H groups in total. The number of hydrogen-bond acceptors (Lipinski definition) is 5. The van der Waals surface area contributed by atoms with Gasteiger partial charge in [0, 0.05) is 13.0 Å². The minimum Gasteiger partial charge on any atom is -0.468 e. The number of nitrogens with one attached hydrogen (secondary N) is 2. The van der Waals surface area contributed by atoms with Crippen molar-refractivity contribution in [3.05, 3.63) is 29.8 Å². The fourth-order valence-electron chi connectivity index (χ4n) is 1.43. The molecule has 0 aliphatic rings. The number of methoxy groups -OCH3 is 1. The van der Waals surface area contributed by atoms with Crippen molar-refractivity contribution in [2.24, 2.45) is 0 Å². The summed E-state index contributed by atoms with van der Waals surface area (Å²) >= 11 is 0. The lowest BCUT2D eigenvalue weighted by Gasteiger charge is -2.07. The van der Waals surface area contributed by atoms with E-state index in [0.29, 0.717) is 0 Å². The third-order valence-electron chi connectivity index (χ3n) is 2.63. The molecule has 21 heavy (non-hydrogen) atoms. The highest BCUT2D eigenvalue weighted by Gasteiger charge is 2.14. The van der Waals surface area contributed by atoms with Gasteiger partial charge in [-0.15, -0.1) is 0 Å². The molecule has 0 aliphatic carbocycles. The second-order valence-corrected chi connectivity index (χ2v) is 6.08.